The molecule has 82 valence electrons. The van der Waals surface area contributed by atoms with E-state index in [0.29, 0.717) is 6.04 Å². The Morgan fingerprint density at radius 1 is 1.00 bits per heavy atom. The van der Waals surface area contributed by atoms with Crippen molar-refractivity contribution >= 4 is 5.69 Å². The molecule has 1 aromatic carbocycles. The van der Waals surface area contributed by atoms with Gasteiger partial charge in [-0.2, -0.15) is 0 Å². The Labute approximate surface area is 92.9 Å². The molecule has 1 unspecified atom stereocenters. The van der Waals surface area contributed by atoms with Crippen LogP contribution in [0.25, 0.3) is 0 Å². The fourth-order valence-corrected chi connectivity index (χ4v) is 2.29. The van der Waals surface area contributed by atoms with Crippen LogP contribution in [0.3, 0.4) is 0 Å². The topological polar surface area (TPSA) is 12.0 Å². The molecule has 2 aliphatic heterocycles. The summed E-state index contributed by atoms with van der Waals surface area (Å²) in [5, 5.41) is 3.55. The molecule has 2 heterocycles. The summed E-state index contributed by atoms with van der Waals surface area (Å²) in [6.07, 6.45) is 8.17. The predicted molar refractivity (Wildman–Crippen MR) is 66.2 cm³/mol. The van der Waals surface area contributed by atoms with Crippen molar-refractivity contribution in [3.05, 3.63) is 29.8 Å². The van der Waals surface area contributed by atoms with Gasteiger partial charge in [0.15, 0.2) is 0 Å². The van der Waals surface area contributed by atoms with Crippen molar-refractivity contribution in [2.75, 3.05) is 5.32 Å². The minimum atomic E-state index is 0.594. The Bertz CT molecular complexity index is 289. The SMILES string of the molecule is CCCCCCCC1Nc2ccc1cc2. The zero-order valence-corrected chi connectivity index (χ0v) is 9.63. The van der Waals surface area contributed by atoms with E-state index in [9.17, 15) is 0 Å². The third-order valence-corrected chi connectivity index (χ3v) is 3.25. The van der Waals surface area contributed by atoms with E-state index in [1.165, 1.54) is 49.8 Å². The van der Waals surface area contributed by atoms with E-state index in [0.717, 1.165) is 0 Å². The van der Waals surface area contributed by atoms with Crippen LogP contribution in [0.4, 0.5) is 5.69 Å². The molecule has 0 aliphatic carbocycles. The van der Waals surface area contributed by atoms with Crippen molar-refractivity contribution in [3.63, 3.8) is 0 Å². The standard InChI is InChI=1S/C14H21N/c1-2-3-4-5-6-7-14-12-8-10-13(15-14)11-9-12/h8-11,14-15H,2-7H2,1H3. The second-order valence-corrected chi connectivity index (χ2v) is 4.52. The molecule has 0 amide bonds. The number of fused-ring (bicyclic) bond motifs is 3. The van der Waals surface area contributed by atoms with E-state index >= 15 is 0 Å². The minimum Gasteiger partial charge on any atom is -0.378 e. The van der Waals surface area contributed by atoms with Gasteiger partial charge < -0.3 is 5.32 Å². The molecule has 0 saturated carbocycles. The van der Waals surface area contributed by atoms with Gasteiger partial charge in [0.05, 0.1) is 6.04 Å². The fourth-order valence-electron chi connectivity index (χ4n) is 2.29. The zero-order valence-electron chi connectivity index (χ0n) is 9.63. The van der Waals surface area contributed by atoms with Crippen molar-refractivity contribution in [3.8, 4) is 0 Å². The van der Waals surface area contributed by atoms with Crippen LogP contribution < -0.4 is 5.32 Å². The van der Waals surface area contributed by atoms with Crippen molar-refractivity contribution < 1.29 is 0 Å². The summed E-state index contributed by atoms with van der Waals surface area (Å²) in [5.74, 6) is 0. The Kier molecular flexibility index (Phi) is 3.65. The lowest BCUT2D eigenvalue weighted by atomic mass is 9.96. The van der Waals surface area contributed by atoms with Gasteiger partial charge in [-0.15, -0.1) is 0 Å². The highest BCUT2D eigenvalue weighted by Crippen LogP contribution is 2.30. The maximum atomic E-state index is 3.55. The van der Waals surface area contributed by atoms with E-state index < -0.39 is 0 Å². The van der Waals surface area contributed by atoms with Crippen LogP contribution in [0, 0.1) is 0 Å². The molecule has 0 aromatic heterocycles. The first-order valence-corrected chi connectivity index (χ1v) is 6.26. The quantitative estimate of drug-likeness (QED) is 0.670. The number of hydrogen-bond donors (Lipinski definition) is 1. The molecule has 2 aliphatic rings. The summed E-state index contributed by atoms with van der Waals surface area (Å²) in [6, 6.07) is 9.44. The summed E-state index contributed by atoms with van der Waals surface area (Å²) >= 11 is 0. The van der Waals surface area contributed by atoms with E-state index in [2.05, 4.69) is 36.5 Å². The molecule has 1 N–H and O–H groups in total. The summed E-state index contributed by atoms with van der Waals surface area (Å²) in [7, 11) is 0. The molecule has 3 rings (SSSR count). The maximum absolute atomic E-state index is 3.55. The maximum Gasteiger partial charge on any atom is 0.0513 e. The lowest BCUT2D eigenvalue weighted by molar-refractivity contribution is 0.569. The summed E-state index contributed by atoms with van der Waals surface area (Å²) < 4.78 is 0. The monoisotopic (exact) mass is 203 g/mol. The van der Waals surface area contributed by atoms with Gasteiger partial charge in [0.25, 0.3) is 0 Å². The number of benzene rings is 1. The van der Waals surface area contributed by atoms with Gasteiger partial charge in [-0.3, -0.25) is 0 Å². The van der Waals surface area contributed by atoms with E-state index in [4.69, 9.17) is 0 Å². The average molecular weight is 203 g/mol. The smallest absolute Gasteiger partial charge is 0.0513 e. The molecule has 0 saturated heterocycles. The average Bonchev–Trinajstić information content (AvgIpc) is 2.30. The zero-order chi connectivity index (χ0) is 10.5. The number of unbranched alkanes of at least 4 members (excludes halogenated alkanes) is 4. The Hall–Kier alpha value is -0.980. The number of hydrogen-bond acceptors (Lipinski definition) is 1. The molecule has 0 fully saturated rings. The van der Waals surface area contributed by atoms with Gasteiger partial charge in [0.2, 0.25) is 0 Å². The number of nitrogens with one attached hydrogen (secondary N) is 1. The molecular weight excluding hydrogens is 182 g/mol. The Balaban J connectivity index is 1.70. The van der Waals surface area contributed by atoms with E-state index in [1.54, 1.807) is 0 Å². The Morgan fingerprint density at radius 2 is 1.73 bits per heavy atom. The Morgan fingerprint density at radius 3 is 2.33 bits per heavy atom. The van der Waals surface area contributed by atoms with Gasteiger partial charge in [-0.05, 0) is 24.1 Å². The molecule has 0 spiro atoms. The lowest BCUT2D eigenvalue weighted by Gasteiger charge is -2.25. The van der Waals surface area contributed by atoms with Crippen molar-refractivity contribution in [1.82, 2.24) is 0 Å². The van der Waals surface area contributed by atoms with E-state index in [-0.39, 0.29) is 0 Å². The van der Waals surface area contributed by atoms with Crippen LogP contribution in [0.5, 0.6) is 0 Å². The van der Waals surface area contributed by atoms with Crippen molar-refractivity contribution in [2.24, 2.45) is 0 Å². The van der Waals surface area contributed by atoms with Crippen LogP contribution >= 0.6 is 0 Å². The van der Waals surface area contributed by atoms with Crippen LogP contribution in [0.1, 0.15) is 57.1 Å². The van der Waals surface area contributed by atoms with Crippen LogP contribution in [0.2, 0.25) is 0 Å². The van der Waals surface area contributed by atoms with Crippen LogP contribution in [-0.2, 0) is 0 Å². The molecule has 2 bridgehead atoms. The van der Waals surface area contributed by atoms with Gasteiger partial charge in [-0.1, -0.05) is 51.2 Å². The van der Waals surface area contributed by atoms with Crippen molar-refractivity contribution in [2.45, 2.75) is 51.5 Å². The normalized spacial score (nSPS) is 17.8. The predicted octanol–water partition coefficient (Wildman–Crippen LogP) is 4.51. The first kappa shape index (κ1) is 10.5. The van der Waals surface area contributed by atoms with E-state index in [1.807, 2.05) is 0 Å². The third kappa shape index (κ3) is 2.74. The van der Waals surface area contributed by atoms with Crippen LogP contribution in [0.15, 0.2) is 24.3 Å². The van der Waals surface area contributed by atoms with Gasteiger partial charge in [-0.25, -0.2) is 0 Å². The number of anilines is 1. The molecular formula is C14H21N. The molecule has 0 radical (unpaired) electrons. The van der Waals surface area contributed by atoms with Crippen molar-refractivity contribution in [1.29, 1.82) is 0 Å². The summed E-state index contributed by atoms with van der Waals surface area (Å²) in [5.41, 5.74) is 2.74. The molecule has 15 heavy (non-hydrogen) atoms. The van der Waals surface area contributed by atoms with Gasteiger partial charge >= 0.3 is 0 Å². The highest BCUT2D eigenvalue weighted by Gasteiger charge is 2.15. The fraction of sp³-hybridized carbons (Fsp3) is 0.571. The summed E-state index contributed by atoms with van der Waals surface area (Å²) in [6.45, 7) is 2.27. The molecule has 1 heteroatoms. The number of rotatable bonds is 6. The lowest BCUT2D eigenvalue weighted by Crippen LogP contribution is -2.14. The third-order valence-electron chi connectivity index (χ3n) is 3.25. The minimum absolute atomic E-state index is 0.594. The molecule has 1 aromatic rings. The summed E-state index contributed by atoms with van der Waals surface area (Å²) in [4.78, 5) is 0. The largest absolute Gasteiger partial charge is 0.378 e. The molecule has 1 atom stereocenters. The second kappa shape index (κ2) is 5.20. The first-order chi connectivity index (χ1) is 7.40. The second-order valence-electron chi connectivity index (χ2n) is 4.52. The highest BCUT2D eigenvalue weighted by atomic mass is 14.9. The van der Waals surface area contributed by atoms with Crippen LogP contribution in [-0.4, -0.2) is 0 Å². The van der Waals surface area contributed by atoms with Gasteiger partial charge in [0, 0.05) is 5.69 Å². The highest BCUT2D eigenvalue weighted by molar-refractivity contribution is 5.52. The molecule has 1 nitrogen and oxygen atoms in total. The van der Waals surface area contributed by atoms with Gasteiger partial charge in [0.1, 0.15) is 0 Å². The first-order valence-electron chi connectivity index (χ1n) is 6.26.